The summed E-state index contributed by atoms with van der Waals surface area (Å²) in [6, 6.07) is 0. The summed E-state index contributed by atoms with van der Waals surface area (Å²) in [7, 11) is 1.35. The maximum Gasteiger partial charge on any atom is 0.415 e. The third-order valence-electron chi connectivity index (χ3n) is 0.537. The average Bonchev–Trinajstić information content (AvgIpc) is 1.84. The first-order chi connectivity index (χ1) is 3.72. The zero-order valence-corrected chi connectivity index (χ0v) is 6.63. The first-order valence-corrected chi connectivity index (χ1v) is 2.70. The lowest BCUT2D eigenvalue weighted by atomic mass is 10.7. The van der Waals surface area contributed by atoms with Crippen LogP contribution in [0.5, 0.6) is 0 Å². The molecule has 0 saturated carbocycles. The molecule has 5 heteroatoms. The van der Waals surface area contributed by atoms with Crippen molar-refractivity contribution in [2.24, 2.45) is 0 Å². The molecule has 0 unspecified atom stereocenters. The van der Waals surface area contributed by atoms with Crippen LogP contribution in [-0.2, 0) is 18.8 Å². The largest absolute Gasteiger partial charge is 0.521 e. The Labute approximate surface area is 49.3 Å². The van der Waals surface area contributed by atoms with Crippen LogP contribution in [-0.4, -0.2) is 29.5 Å². The minimum Gasteiger partial charge on any atom is -0.521 e. The lowest BCUT2D eigenvalue weighted by Crippen LogP contribution is -2.17. The van der Waals surface area contributed by atoms with Gasteiger partial charge in [-0.25, -0.2) is 9.59 Å². The molecular formula is C3H6O4Si. The van der Waals surface area contributed by atoms with Crippen molar-refractivity contribution >= 4 is 22.4 Å². The van der Waals surface area contributed by atoms with Gasteiger partial charge in [0, 0.05) is 0 Å². The van der Waals surface area contributed by atoms with Crippen molar-refractivity contribution in [3.8, 4) is 0 Å². The van der Waals surface area contributed by atoms with Crippen molar-refractivity contribution in [2.75, 3.05) is 7.11 Å². The Bertz CT molecular complexity index is 95.9. The summed E-state index contributed by atoms with van der Waals surface area (Å²) in [6.45, 7) is 0. The van der Waals surface area contributed by atoms with Crippen LogP contribution >= 0.6 is 0 Å². The van der Waals surface area contributed by atoms with E-state index in [9.17, 15) is 9.59 Å². The maximum absolute atomic E-state index is 10.1. The molecule has 0 spiro atoms. The lowest BCUT2D eigenvalue weighted by molar-refractivity contribution is -0.160. The van der Waals surface area contributed by atoms with Gasteiger partial charge in [0.25, 0.3) is 0 Å². The highest BCUT2D eigenvalue weighted by atomic mass is 28.2. The minimum atomic E-state index is -0.944. The molecule has 0 saturated heterocycles. The molecule has 0 bridgehead atoms. The van der Waals surface area contributed by atoms with E-state index in [2.05, 4.69) is 9.16 Å². The van der Waals surface area contributed by atoms with E-state index in [-0.39, 0.29) is 10.5 Å². The molecule has 0 aromatic carbocycles. The van der Waals surface area contributed by atoms with Crippen molar-refractivity contribution in [3.63, 3.8) is 0 Å². The Balaban J connectivity index is 3.64. The predicted molar refractivity (Wildman–Crippen MR) is 28.0 cm³/mol. The summed E-state index contributed by atoms with van der Waals surface area (Å²) in [5, 5.41) is 0. The number of esters is 1. The average molecular weight is 134 g/mol. The molecule has 0 heterocycles. The maximum atomic E-state index is 10.1. The van der Waals surface area contributed by atoms with E-state index < -0.39 is 11.9 Å². The van der Waals surface area contributed by atoms with Gasteiger partial charge in [0.05, 0.1) is 7.11 Å². The molecule has 4 nitrogen and oxygen atoms in total. The number of hydrogen-bond acceptors (Lipinski definition) is 4. The number of hydrogen-bond donors (Lipinski definition) is 0. The zero-order valence-electron chi connectivity index (χ0n) is 4.63. The summed E-state index contributed by atoms with van der Waals surface area (Å²) >= 11 is 0. The lowest BCUT2D eigenvalue weighted by Gasteiger charge is -1.93. The first kappa shape index (κ1) is 7.16. The standard InChI is InChI=1S/C3H6O4Si/c1-6-2(4)3(5)7-8/h1,8H3. The van der Waals surface area contributed by atoms with Crippen LogP contribution < -0.4 is 0 Å². The van der Waals surface area contributed by atoms with E-state index in [4.69, 9.17) is 0 Å². The molecule has 0 N–H and O–H groups in total. The van der Waals surface area contributed by atoms with Gasteiger partial charge in [-0.05, 0) is 0 Å². The molecule has 8 heavy (non-hydrogen) atoms. The quantitative estimate of drug-likeness (QED) is 0.218. The summed E-state index contributed by atoms with van der Waals surface area (Å²) in [5.41, 5.74) is 0. The number of ether oxygens (including phenoxy) is 1. The smallest absolute Gasteiger partial charge is 0.415 e. The number of methoxy groups -OCH3 is 1. The third-order valence-corrected chi connectivity index (χ3v) is 0.908. The molecule has 0 atom stereocenters. The molecule has 0 amide bonds. The summed E-state index contributed by atoms with van der Waals surface area (Å²) in [4.78, 5) is 20.1. The third kappa shape index (κ3) is 1.74. The van der Waals surface area contributed by atoms with Gasteiger partial charge in [-0.1, -0.05) is 0 Å². The molecule has 0 radical (unpaired) electrons. The van der Waals surface area contributed by atoms with Crippen LogP contribution in [0.25, 0.3) is 0 Å². The van der Waals surface area contributed by atoms with Crippen molar-refractivity contribution in [2.45, 2.75) is 0 Å². The normalized spacial score (nSPS) is 8.12. The molecule has 0 rings (SSSR count). The van der Waals surface area contributed by atoms with Gasteiger partial charge in [0.1, 0.15) is 0 Å². The summed E-state index contributed by atoms with van der Waals surface area (Å²) in [6.07, 6.45) is 0. The highest BCUT2D eigenvalue weighted by molar-refractivity contribution is 6.33. The summed E-state index contributed by atoms with van der Waals surface area (Å²) in [5.74, 6) is -1.86. The molecular weight excluding hydrogens is 128 g/mol. The monoisotopic (exact) mass is 134 g/mol. The van der Waals surface area contributed by atoms with Crippen molar-refractivity contribution < 1.29 is 18.8 Å². The zero-order chi connectivity index (χ0) is 6.57. The number of carbonyl (C=O) groups is 2. The highest BCUT2D eigenvalue weighted by Gasteiger charge is 2.11. The van der Waals surface area contributed by atoms with Crippen molar-refractivity contribution in [1.29, 1.82) is 0 Å². The Hall–Kier alpha value is -0.843. The van der Waals surface area contributed by atoms with Gasteiger partial charge in [-0.2, -0.15) is 0 Å². The van der Waals surface area contributed by atoms with E-state index >= 15 is 0 Å². The van der Waals surface area contributed by atoms with E-state index in [1.54, 1.807) is 0 Å². The van der Waals surface area contributed by atoms with Crippen molar-refractivity contribution in [1.82, 2.24) is 0 Å². The van der Waals surface area contributed by atoms with Crippen molar-refractivity contribution in [3.05, 3.63) is 0 Å². The van der Waals surface area contributed by atoms with Crippen LogP contribution in [0, 0.1) is 0 Å². The van der Waals surface area contributed by atoms with E-state index in [0.29, 0.717) is 0 Å². The second kappa shape index (κ2) is 3.20. The van der Waals surface area contributed by atoms with Crippen LogP contribution in [0.15, 0.2) is 0 Å². The predicted octanol–water partition coefficient (Wildman–Crippen LogP) is -2.02. The van der Waals surface area contributed by atoms with Gasteiger partial charge < -0.3 is 9.16 Å². The van der Waals surface area contributed by atoms with E-state index in [0.717, 1.165) is 7.11 Å². The molecule has 0 aliphatic carbocycles. The number of rotatable bonds is 0. The summed E-state index contributed by atoms with van der Waals surface area (Å²) < 4.78 is 8.14. The Morgan fingerprint density at radius 2 is 1.88 bits per heavy atom. The minimum absolute atomic E-state index is 0.225. The van der Waals surface area contributed by atoms with Gasteiger partial charge >= 0.3 is 11.9 Å². The van der Waals surface area contributed by atoms with Crippen LogP contribution in [0.4, 0.5) is 0 Å². The molecule has 46 valence electrons. The Kier molecular flexibility index (Phi) is 2.86. The number of carbonyl (C=O) groups excluding carboxylic acids is 2. The molecule has 0 fully saturated rings. The van der Waals surface area contributed by atoms with Gasteiger partial charge in [-0.15, -0.1) is 0 Å². The second-order valence-electron chi connectivity index (χ2n) is 0.983. The topological polar surface area (TPSA) is 52.6 Å². The molecule has 0 aliphatic heterocycles. The molecule has 0 aliphatic rings. The van der Waals surface area contributed by atoms with Gasteiger partial charge in [0.15, 0.2) is 0 Å². The van der Waals surface area contributed by atoms with Crippen LogP contribution in [0.1, 0.15) is 0 Å². The Morgan fingerprint density at radius 1 is 1.38 bits per heavy atom. The van der Waals surface area contributed by atoms with Crippen LogP contribution in [0.2, 0.25) is 0 Å². The highest BCUT2D eigenvalue weighted by Crippen LogP contribution is 1.75. The molecule has 0 aromatic rings. The van der Waals surface area contributed by atoms with Gasteiger partial charge in [0.2, 0.25) is 10.5 Å². The fourth-order valence-electron chi connectivity index (χ4n) is 0.167. The molecule has 0 aromatic heterocycles. The fraction of sp³-hybridized carbons (Fsp3) is 0.333. The van der Waals surface area contributed by atoms with Crippen LogP contribution in [0.3, 0.4) is 0 Å². The fourth-order valence-corrected chi connectivity index (χ4v) is 0.333. The van der Waals surface area contributed by atoms with Gasteiger partial charge in [-0.3, -0.25) is 0 Å². The second-order valence-corrected chi connectivity index (χ2v) is 1.39. The SMILES string of the molecule is COC(=O)C(=O)O[SiH3]. The first-order valence-electron chi connectivity index (χ1n) is 1.88. The Morgan fingerprint density at radius 3 is 2.00 bits per heavy atom. The van der Waals surface area contributed by atoms with E-state index in [1.165, 1.54) is 0 Å². The van der Waals surface area contributed by atoms with E-state index in [1.807, 2.05) is 0 Å².